The molecular formula is C12H17BrN2S3. The zero-order valence-corrected chi connectivity index (χ0v) is 14.4. The van der Waals surface area contributed by atoms with Gasteiger partial charge >= 0.3 is 0 Å². The zero-order chi connectivity index (χ0) is 13.2. The van der Waals surface area contributed by atoms with Crippen molar-refractivity contribution in [3.63, 3.8) is 0 Å². The highest BCUT2D eigenvalue weighted by atomic mass is 79.9. The molecule has 0 aliphatic carbocycles. The number of thioether (sulfide) groups is 1. The van der Waals surface area contributed by atoms with Crippen molar-refractivity contribution < 1.29 is 0 Å². The van der Waals surface area contributed by atoms with Crippen molar-refractivity contribution in [1.29, 1.82) is 0 Å². The van der Waals surface area contributed by atoms with Crippen LogP contribution in [0.4, 0.5) is 0 Å². The van der Waals surface area contributed by atoms with Crippen molar-refractivity contribution in [2.24, 2.45) is 5.73 Å². The highest BCUT2D eigenvalue weighted by molar-refractivity contribution is 9.10. The van der Waals surface area contributed by atoms with Crippen LogP contribution in [0, 0.1) is 0 Å². The van der Waals surface area contributed by atoms with Gasteiger partial charge in [0.25, 0.3) is 0 Å². The first-order valence-electron chi connectivity index (χ1n) is 5.86. The number of likely N-dealkylation sites (tertiary alicyclic amines) is 1. The summed E-state index contributed by atoms with van der Waals surface area (Å²) >= 11 is 12.4. The Kier molecular flexibility index (Phi) is 5.11. The van der Waals surface area contributed by atoms with E-state index in [1.165, 1.54) is 9.35 Å². The van der Waals surface area contributed by atoms with Gasteiger partial charge in [-0.25, -0.2) is 0 Å². The number of halogens is 1. The molecule has 0 saturated carbocycles. The second-order valence-electron chi connectivity index (χ2n) is 4.57. The molecule has 0 bridgehead atoms. The van der Waals surface area contributed by atoms with Gasteiger partial charge in [-0.05, 0) is 41.1 Å². The molecule has 18 heavy (non-hydrogen) atoms. The van der Waals surface area contributed by atoms with Crippen LogP contribution in [0.3, 0.4) is 0 Å². The fraction of sp³-hybridized carbons (Fsp3) is 0.583. The van der Waals surface area contributed by atoms with E-state index in [9.17, 15) is 0 Å². The summed E-state index contributed by atoms with van der Waals surface area (Å²) in [5.74, 6) is 0. The SMILES string of the molecule is CSC1(C(N)=S)CCN(Cc2cc(Br)cs2)CC1. The van der Waals surface area contributed by atoms with Crippen LogP contribution in [0.2, 0.25) is 0 Å². The van der Waals surface area contributed by atoms with Crippen molar-refractivity contribution in [3.05, 3.63) is 20.8 Å². The molecule has 2 heterocycles. The molecule has 1 aromatic heterocycles. The summed E-state index contributed by atoms with van der Waals surface area (Å²) in [5.41, 5.74) is 5.90. The fourth-order valence-corrected chi connectivity index (χ4v) is 5.02. The minimum atomic E-state index is 0.0296. The molecule has 0 radical (unpaired) electrons. The Balaban J connectivity index is 1.92. The normalized spacial score (nSPS) is 19.9. The lowest BCUT2D eigenvalue weighted by Gasteiger charge is -2.39. The monoisotopic (exact) mass is 364 g/mol. The molecule has 0 amide bonds. The predicted molar refractivity (Wildman–Crippen MR) is 89.6 cm³/mol. The predicted octanol–water partition coefficient (Wildman–Crippen LogP) is 3.49. The van der Waals surface area contributed by atoms with Crippen LogP contribution < -0.4 is 5.73 Å². The van der Waals surface area contributed by atoms with Crippen LogP contribution in [0.5, 0.6) is 0 Å². The maximum absolute atomic E-state index is 5.90. The van der Waals surface area contributed by atoms with Crippen LogP contribution in [0.1, 0.15) is 17.7 Å². The van der Waals surface area contributed by atoms with E-state index >= 15 is 0 Å². The van der Waals surface area contributed by atoms with E-state index < -0.39 is 0 Å². The minimum Gasteiger partial charge on any atom is -0.392 e. The zero-order valence-electron chi connectivity index (χ0n) is 10.3. The molecule has 1 aliphatic rings. The Morgan fingerprint density at radius 3 is 2.72 bits per heavy atom. The molecule has 1 aliphatic heterocycles. The van der Waals surface area contributed by atoms with Crippen molar-refractivity contribution in [1.82, 2.24) is 4.90 Å². The number of piperidine rings is 1. The van der Waals surface area contributed by atoms with E-state index in [0.717, 1.165) is 32.5 Å². The Bertz CT molecular complexity index is 425. The lowest BCUT2D eigenvalue weighted by molar-refractivity contribution is 0.214. The Labute approximate surface area is 130 Å². The molecule has 0 unspecified atom stereocenters. The third kappa shape index (κ3) is 3.28. The number of hydrogen-bond acceptors (Lipinski definition) is 4. The van der Waals surface area contributed by atoms with E-state index in [1.807, 2.05) is 23.1 Å². The van der Waals surface area contributed by atoms with Crippen LogP contribution in [-0.2, 0) is 6.54 Å². The van der Waals surface area contributed by atoms with Gasteiger partial charge in [0.2, 0.25) is 0 Å². The van der Waals surface area contributed by atoms with Crippen molar-refractivity contribution >= 4 is 56.2 Å². The summed E-state index contributed by atoms with van der Waals surface area (Å²) in [6, 6.07) is 2.20. The number of nitrogens with two attached hydrogens (primary N) is 1. The first kappa shape index (κ1) is 14.8. The quantitative estimate of drug-likeness (QED) is 0.827. The molecule has 1 fully saturated rings. The largest absolute Gasteiger partial charge is 0.392 e. The molecule has 2 N–H and O–H groups in total. The van der Waals surface area contributed by atoms with Gasteiger partial charge in [0.1, 0.15) is 0 Å². The van der Waals surface area contributed by atoms with E-state index in [1.54, 1.807) is 0 Å². The summed E-state index contributed by atoms with van der Waals surface area (Å²) in [6.45, 7) is 3.19. The maximum Gasteiger partial charge on any atom is 0.0891 e. The Morgan fingerprint density at radius 1 is 1.61 bits per heavy atom. The smallest absolute Gasteiger partial charge is 0.0891 e. The summed E-state index contributed by atoms with van der Waals surface area (Å²) < 4.78 is 1.21. The molecule has 0 atom stereocenters. The maximum atomic E-state index is 5.90. The molecular weight excluding hydrogens is 348 g/mol. The van der Waals surface area contributed by atoms with Crippen LogP contribution in [-0.4, -0.2) is 34.0 Å². The molecule has 0 aromatic carbocycles. The lowest BCUT2D eigenvalue weighted by atomic mass is 9.95. The van der Waals surface area contributed by atoms with Gasteiger partial charge in [0, 0.05) is 34.4 Å². The molecule has 100 valence electrons. The second kappa shape index (κ2) is 6.22. The van der Waals surface area contributed by atoms with Crippen LogP contribution in [0.25, 0.3) is 0 Å². The average molecular weight is 365 g/mol. The Hall–Kier alpha value is 0.380. The highest BCUT2D eigenvalue weighted by Crippen LogP contribution is 2.35. The third-order valence-electron chi connectivity index (χ3n) is 3.50. The molecule has 0 spiro atoms. The third-order valence-corrected chi connectivity index (χ3v) is 7.12. The fourth-order valence-electron chi connectivity index (χ4n) is 2.28. The van der Waals surface area contributed by atoms with Crippen LogP contribution >= 0.6 is 51.2 Å². The van der Waals surface area contributed by atoms with E-state index in [4.69, 9.17) is 18.0 Å². The topological polar surface area (TPSA) is 29.3 Å². The number of thiocarbonyl (C=S) groups is 1. The highest BCUT2D eigenvalue weighted by Gasteiger charge is 2.36. The van der Waals surface area contributed by atoms with Crippen molar-refractivity contribution in [2.45, 2.75) is 24.1 Å². The van der Waals surface area contributed by atoms with Gasteiger partial charge in [0.05, 0.1) is 9.74 Å². The lowest BCUT2D eigenvalue weighted by Crippen LogP contribution is -2.48. The second-order valence-corrected chi connectivity index (χ2v) is 8.11. The first-order valence-corrected chi connectivity index (χ1v) is 9.16. The van der Waals surface area contributed by atoms with E-state index in [0.29, 0.717) is 4.99 Å². The van der Waals surface area contributed by atoms with Gasteiger partial charge in [0.15, 0.2) is 0 Å². The first-order chi connectivity index (χ1) is 8.55. The summed E-state index contributed by atoms with van der Waals surface area (Å²) in [7, 11) is 0. The van der Waals surface area contributed by atoms with E-state index in [2.05, 4.69) is 38.5 Å². The standard InChI is InChI=1S/C12H17BrN2S3/c1-17-12(11(14)16)2-4-15(5-3-12)7-10-6-9(13)8-18-10/h6,8H,2-5,7H2,1H3,(H2,14,16). The average Bonchev–Trinajstić information content (AvgIpc) is 2.76. The van der Waals surface area contributed by atoms with Crippen molar-refractivity contribution in [3.8, 4) is 0 Å². The van der Waals surface area contributed by atoms with Gasteiger partial charge < -0.3 is 5.73 Å². The number of thiophene rings is 1. The van der Waals surface area contributed by atoms with Gasteiger partial charge in [-0.2, -0.15) is 11.8 Å². The van der Waals surface area contributed by atoms with Gasteiger partial charge in [-0.1, -0.05) is 12.2 Å². The van der Waals surface area contributed by atoms with Crippen molar-refractivity contribution in [2.75, 3.05) is 19.3 Å². The minimum absolute atomic E-state index is 0.0296. The molecule has 6 heteroatoms. The summed E-state index contributed by atoms with van der Waals surface area (Å²) in [6.07, 6.45) is 4.25. The van der Waals surface area contributed by atoms with Crippen LogP contribution in [0.15, 0.2) is 15.9 Å². The summed E-state index contributed by atoms with van der Waals surface area (Å²) in [4.78, 5) is 4.58. The molecule has 1 saturated heterocycles. The summed E-state index contributed by atoms with van der Waals surface area (Å²) in [5, 5.41) is 2.14. The number of nitrogens with zero attached hydrogens (tertiary/aromatic N) is 1. The molecule has 1 aromatic rings. The van der Waals surface area contributed by atoms with E-state index in [-0.39, 0.29) is 4.75 Å². The number of rotatable bonds is 4. The molecule has 2 rings (SSSR count). The number of hydrogen-bond donors (Lipinski definition) is 1. The Morgan fingerprint density at radius 2 is 2.28 bits per heavy atom. The molecule has 2 nitrogen and oxygen atoms in total. The van der Waals surface area contributed by atoms with Gasteiger partial charge in [-0.3, -0.25) is 4.90 Å². The van der Waals surface area contributed by atoms with Gasteiger partial charge in [-0.15, -0.1) is 11.3 Å².